The molecule has 1 unspecified atom stereocenters. The SMILES string of the molecule is CC(=O)SCCOCCOCCOCCOCCC(=O)NCCCOc1ccccc1CNC(=O)Nc1nc(C(=O)NCC(=O)NC(CC(=O)O)c2ccccc2)cs1. The summed E-state index contributed by atoms with van der Waals surface area (Å²) in [6.07, 6.45) is 0.443. The lowest BCUT2D eigenvalue weighted by molar-refractivity contribution is -0.137. The molecule has 0 saturated carbocycles. The standard InChI is InChI=1S/C39H52N6O12S2/c1-28(46)58-23-22-56-21-20-55-19-18-54-17-16-53-15-12-34(47)40-13-7-14-57-33-11-6-5-10-30(33)25-42-38(52)45-39-44-32(27-59-39)37(51)41-26-35(48)43-31(24-36(49)50)29-8-3-2-4-9-29/h2-6,8-11,27,31H,7,12-26H2,1H3,(H,40,47)(H,41,51)(H,43,48)(H,49,50)(H2,42,44,45,52). The summed E-state index contributed by atoms with van der Waals surface area (Å²) in [5.41, 5.74) is 1.33. The minimum Gasteiger partial charge on any atom is -0.493 e. The minimum absolute atomic E-state index is 0.0105. The number of anilines is 1. The van der Waals surface area contributed by atoms with E-state index >= 15 is 0 Å². The fourth-order valence-electron chi connectivity index (χ4n) is 4.89. The first kappa shape index (κ1) is 48.3. The number of benzene rings is 2. The number of thioether (sulfide) groups is 1. The van der Waals surface area contributed by atoms with Gasteiger partial charge in [0.2, 0.25) is 11.8 Å². The summed E-state index contributed by atoms with van der Waals surface area (Å²) in [6.45, 7) is 5.28. The molecule has 20 heteroatoms. The molecule has 0 aliphatic heterocycles. The maximum absolute atomic E-state index is 12.6. The molecular weight excluding hydrogens is 809 g/mol. The van der Waals surface area contributed by atoms with Crippen LogP contribution in [0.5, 0.6) is 5.75 Å². The van der Waals surface area contributed by atoms with Crippen molar-refractivity contribution in [2.75, 3.05) is 83.6 Å². The van der Waals surface area contributed by atoms with Crippen molar-refractivity contribution in [1.82, 2.24) is 26.3 Å². The quantitative estimate of drug-likeness (QED) is 0.0528. The average Bonchev–Trinajstić information content (AvgIpc) is 3.69. The summed E-state index contributed by atoms with van der Waals surface area (Å²) in [4.78, 5) is 76.1. The van der Waals surface area contributed by atoms with E-state index in [2.05, 4.69) is 31.6 Å². The third-order valence-corrected chi connectivity index (χ3v) is 9.25. The monoisotopic (exact) mass is 860 g/mol. The van der Waals surface area contributed by atoms with Gasteiger partial charge in [0, 0.05) is 43.1 Å². The van der Waals surface area contributed by atoms with Gasteiger partial charge in [-0.1, -0.05) is 60.3 Å². The fraction of sp³-hybridized carbons (Fsp3) is 0.462. The number of carbonyl (C=O) groups is 6. The van der Waals surface area contributed by atoms with Crippen molar-refractivity contribution >= 4 is 63.1 Å². The van der Waals surface area contributed by atoms with E-state index in [1.807, 2.05) is 6.07 Å². The third-order valence-electron chi connectivity index (χ3n) is 7.72. The molecule has 1 atom stereocenters. The van der Waals surface area contributed by atoms with Gasteiger partial charge in [-0.15, -0.1) is 11.3 Å². The summed E-state index contributed by atoms with van der Waals surface area (Å²) in [5.74, 6) is -1.24. The van der Waals surface area contributed by atoms with Gasteiger partial charge in [-0.3, -0.25) is 29.3 Å². The van der Waals surface area contributed by atoms with Gasteiger partial charge in [0.15, 0.2) is 10.2 Å². The first-order chi connectivity index (χ1) is 28.6. The molecule has 0 bridgehead atoms. The van der Waals surface area contributed by atoms with Crippen LogP contribution in [0.25, 0.3) is 0 Å². The van der Waals surface area contributed by atoms with Gasteiger partial charge in [0.1, 0.15) is 11.4 Å². The Morgan fingerprint density at radius 3 is 2.14 bits per heavy atom. The van der Waals surface area contributed by atoms with E-state index in [4.69, 9.17) is 23.7 Å². The van der Waals surface area contributed by atoms with Crippen molar-refractivity contribution in [2.45, 2.75) is 38.8 Å². The summed E-state index contributed by atoms with van der Waals surface area (Å²) in [6, 6.07) is 14.5. The smallest absolute Gasteiger partial charge is 0.321 e. The molecule has 0 spiro atoms. The summed E-state index contributed by atoms with van der Waals surface area (Å²) >= 11 is 2.25. The predicted octanol–water partition coefficient (Wildman–Crippen LogP) is 3.15. The van der Waals surface area contributed by atoms with Crippen LogP contribution in [0.2, 0.25) is 0 Å². The Bertz CT molecular complexity index is 1750. The highest BCUT2D eigenvalue weighted by atomic mass is 32.2. The zero-order valence-corrected chi connectivity index (χ0v) is 34.5. The van der Waals surface area contributed by atoms with Crippen molar-refractivity contribution in [3.05, 3.63) is 76.8 Å². The number of ether oxygens (including phenoxy) is 5. The molecule has 0 fully saturated rings. The van der Waals surface area contributed by atoms with Crippen molar-refractivity contribution < 1.29 is 57.6 Å². The number of carboxylic acids is 1. The number of aliphatic carboxylic acids is 1. The number of carboxylic acid groups (broad SMARTS) is 1. The molecule has 0 radical (unpaired) electrons. The Morgan fingerprint density at radius 1 is 0.780 bits per heavy atom. The summed E-state index contributed by atoms with van der Waals surface area (Å²) < 4.78 is 27.6. The van der Waals surface area contributed by atoms with Gasteiger partial charge in [0.05, 0.1) is 78.5 Å². The number of nitrogens with one attached hydrogen (secondary N) is 5. The lowest BCUT2D eigenvalue weighted by atomic mass is 10.0. The van der Waals surface area contributed by atoms with Gasteiger partial charge in [-0.25, -0.2) is 9.78 Å². The second-order valence-electron chi connectivity index (χ2n) is 12.4. The Labute approximate surface area is 350 Å². The number of urea groups is 1. The molecule has 322 valence electrons. The van der Waals surface area contributed by atoms with Crippen LogP contribution >= 0.6 is 23.1 Å². The number of rotatable bonds is 30. The van der Waals surface area contributed by atoms with Crippen LogP contribution in [-0.2, 0) is 44.7 Å². The Kier molecular flexibility index (Phi) is 23.8. The largest absolute Gasteiger partial charge is 0.493 e. The maximum Gasteiger partial charge on any atom is 0.321 e. The zero-order valence-electron chi connectivity index (χ0n) is 32.9. The highest BCUT2D eigenvalue weighted by Crippen LogP contribution is 2.19. The van der Waals surface area contributed by atoms with Gasteiger partial charge in [0.25, 0.3) is 5.91 Å². The first-order valence-electron chi connectivity index (χ1n) is 18.9. The van der Waals surface area contributed by atoms with Crippen LogP contribution < -0.4 is 31.3 Å². The number of thiazole rings is 1. The van der Waals surface area contributed by atoms with Crippen LogP contribution in [0.15, 0.2) is 60.0 Å². The van der Waals surface area contributed by atoms with Gasteiger partial charge >= 0.3 is 12.0 Å². The lowest BCUT2D eigenvalue weighted by Gasteiger charge is -2.17. The molecule has 18 nitrogen and oxygen atoms in total. The molecule has 6 N–H and O–H groups in total. The molecule has 1 aromatic heterocycles. The van der Waals surface area contributed by atoms with Crippen LogP contribution in [0.1, 0.15) is 53.8 Å². The third kappa shape index (κ3) is 22.0. The molecule has 0 saturated heterocycles. The molecule has 0 aliphatic rings. The van der Waals surface area contributed by atoms with Crippen LogP contribution in [0.4, 0.5) is 9.93 Å². The van der Waals surface area contributed by atoms with Crippen LogP contribution in [-0.4, -0.2) is 123 Å². The Hall–Kier alpha value is -5.12. The molecule has 2 aromatic carbocycles. The minimum atomic E-state index is -1.09. The topological polar surface area (TPSA) is 242 Å². The molecule has 59 heavy (non-hydrogen) atoms. The molecule has 5 amide bonds. The van der Waals surface area contributed by atoms with Crippen molar-refractivity contribution in [3.8, 4) is 5.75 Å². The molecule has 0 aliphatic carbocycles. The zero-order chi connectivity index (χ0) is 42.5. The predicted molar refractivity (Wildman–Crippen MR) is 220 cm³/mol. The van der Waals surface area contributed by atoms with Gasteiger partial charge in [-0.05, 0) is 18.1 Å². The second-order valence-corrected chi connectivity index (χ2v) is 14.5. The van der Waals surface area contributed by atoms with Crippen LogP contribution in [0, 0.1) is 0 Å². The van der Waals surface area contributed by atoms with Crippen molar-refractivity contribution in [3.63, 3.8) is 0 Å². The summed E-state index contributed by atoms with van der Waals surface area (Å²) in [7, 11) is 0. The van der Waals surface area contributed by atoms with E-state index in [1.54, 1.807) is 48.5 Å². The Morgan fingerprint density at radius 2 is 1.44 bits per heavy atom. The number of nitrogens with zero attached hydrogens (tertiary/aromatic N) is 1. The number of para-hydroxylation sites is 1. The number of aromatic nitrogens is 1. The molecule has 3 rings (SSSR count). The van der Waals surface area contributed by atoms with E-state index in [9.17, 15) is 33.9 Å². The van der Waals surface area contributed by atoms with Crippen molar-refractivity contribution in [2.24, 2.45) is 0 Å². The maximum atomic E-state index is 12.6. The molecular formula is C39H52N6O12S2. The number of hydrogen-bond donors (Lipinski definition) is 6. The van der Waals surface area contributed by atoms with Crippen molar-refractivity contribution in [1.29, 1.82) is 0 Å². The van der Waals surface area contributed by atoms with E-state index in [0.29, 0.717) is 82.9 Å². The van der Waals surface area contributed by atoms with Gasteiger partial charge < -0.3 is 50.1 Å². The fourth-order valence-corrected chi connectivity index (χ4v) is 6.07. The number of carbonyl (C=O) groups excluding carboxylic acids is 5. The number of amides is 5. The second kappa shape index (κ2) is 29.1. The first-order valence-corrected chi connectivity index (χ1v) is 20.7. The van der Waals surface area contributed by atoms with E-state index < -0.39 is 36.4 Å². The number of hydrogen-bond acceptors (Lipinski definition) is 14. The average molecular weight is 861 g/mol. The van der Waals surface area contributed by atoms with Gasteiger partial charge in [-0.2, -0.15) is 0 Å². The lowest BCUT2D eigenvalue weighted by Crippen LogP contribution is -2.39. The molecule has 1 heterocycles. The van der Waals surface area contributed by atoms with E-state index in [-0.39, 0.29) is 47.8 Å². The highest BCUT2D eigenvalue weighted by molar-refractivity contribution is 8.13. The highest BCUT2D eigenvalue weighted by Gasteiger charge is 2.19. The van der Waals surface area contributed by atoms with Crippen LogP contribution in [0.3, 0.4) is 0 Å². The van der Waals surface area contributed by atoms with E-state index in [1.165, 1.54) is 24.1 Å². The molecule has 3 aromatic rings. The summed E-state index contributed by atoms with van der Waals surface area (Å²) in [5, 5.41) is 24.1. The normalized spacial score (nSPS) is 11.3. The Balaban J connectivity index is 1.22. The van der Waals surface area contributed by atoms with E-state index in [0.717, 1.165) is 16.9 Å².